The topological polar surface area (TPSA) is 3.24 Å². The van der Waals surface area contributed by atoms with Crippen LogP contribution < -0.4 is 0 Å². The molecule has 0 atom stereocenters. The summed E-state index contributed by atoms with van der Waals surface area (Å²) in [5, 5.41) is 0. The first-order valence-electron chi connectivity index (χ1n) is 4.40. The zero-order valence-corrected chi connectivity index (χ0v) is 8.36. The van der Waals surface area contributed by atoms with Gasteiger partial charge < -0.3 is 17.8 Å². The molecular formula is C8H16BF3N-. The molecule has 0 aromatic carbocycles. The number of halogens is 3. The molecular weight excluding hydrogens is 178 g/mol. The van der Waals surface area contributed by atoms with Crippen LogP contribution in [0.25, 0.3) is 0 Å². The van der Waals surface area contributed by atoms with Crippen LogP contribution in [0.3, 0.4) is 0 Å². The molecule has 0 saturated heterocycles. The minimum atomic E-state index is -4.87. The average Bonchev–Trinajstić information content (AvgIpc) is 1.96. The van der Waals surface area contributed by atoms with E-state index in [4.69, 9.17) is 0 Å². The molecule has 0 amide bonds. The first kappa shape index (κ1) is 12.6. The SMILES string of the molecule is C=C(CN(CC)C(C)C)[B-](F)(F)F. The van der Waals surface area contributed by atoms with Crippen LogP contribution in [0.5, 0.6) is 0 Å². The first-order valence-corrected chi connectivity index (χ1v) is 4.40. The van der Waals surface area contributed by atoms with Gasteiger partial charge >= 0.3 is 6.98 Å². The van der Waals surface area contributed by atoms with Crippen molar-refractivity contribution < 1.29 is 12.9 Å². The molecule has 0 aliphatic carbocycles. The second-order valence-corrected chi connectivity index (χ2v) is 3.39. The molecule has 0 heterocycles. The van der Waals surface area contributed by atoms with E-state index in [2.05, 4.69) is 6.58 Å². The van der Waals surface area contributed by atoms with E-state index in [1.165, 1.54) is 0 Å². The van der Waals surface area contributed by atoms with Gasteiger partial charge in [0.05, 0.1) is 0 Å². The molecule has 0 N–H and O–H groups in total. The summed E-state index contributed by atoms with van der Waals surface area (Å²) in [6.45, 7) is 4.32. The highest BCUT2D eigenvalue weighted by Gasteiger charge is 2.27. The fourth-order valence-electron chi connectivity index (χ4n) is 1.02. The summed E-state index contributed by atoms with van der Waals surface area (Å²) in [4.78, 5) is 1.73. The van der Waals surface area contributed by atoms with Gasteiger partial charge in [0, 0.05) is 6.04 Å². The third-order valence-electron chi connectivity index (χ3n) is 2.01. The summed E-state index contributed by atoms with van der Waals surface area (Å²) in [7, 11) is 0. The van der Waals surface area contributed by atoms with Gasteiger partial charge in [-0.05, 0) is 26.9 Å². The quantitative estimate of drug-likeness (QED) is 0.608. The van der Waals surface area contributed by atoms with Gasteiger partial charge in [-0.25, -0.2) is 0 Å². The maximum absolute atomic E-state index is 12.1. The lowest BCUT2D eigenvalue weighted by Crippen LogP contribution is -2.36. The van der Waals surface area contributed by atoms with E-state index in [1.54, 1.807) is 4.90 Å². The molecule has 0 saturated carbocycles. The summed E-state index contributed by atoms with van der Waals surface area (Å²) >= 11 is 0. The van der Waals surface area contributed by atoms with E-state index in [1.807, 2.05) is 20.8 Å². The Kier molecular flexibility index (Phi) is 4.54. The van der Waals surface area contributed by atoms with Crippen LogP contribution in [0.15, 0.2) is 12.1 Å². The molecule has 1 nitrogen and oxygen atoms in total. The van der Waals surface area contributed by atoms with Gasteiger partial charge in [0.15, 0.2) is 0 Å². The zero-order chi connectivity index (χ0) is 10.6. The van der Waals surface area contributed by atoms with Crippen molar-refractivity contribution in [3.63, 3.8) is 0 Å². The Hall–Kier alpha value is -0.445. The predicted molar refractivity (Wildman–Crippen MR) is 50.6 cm³/mol. The van der Waals surface area contributed by atoms with E-state index in [0.29, 0.717) is 6.54 Å². The smallest absolute Gasteiger partial charge is 0.445 e. The lowest BCUT2D eigenvalue weighted by atomic mass is 9.80. The number of likely N-dealkylation sites (N-methyl/N-ethyl adjacent to an activating group) is 1. The minimum Gasteiger partial charge on any atom is -0.445 e. The Morgan fingerprint density at radius 3 is 2.08 bits per heavy atom. The maximum atomic E-state index is 12.1. The maximum Gasteiger partial charge on any atom is 0.506 e. The standard InChI is InChI=1S/C8H16BF3N/c1-5-13(7(2)3)6-8(4)9(10,11)12/h7H,4-6H2,1-3H3/q-1. The van der Waals surface area contributed by atoms with Crippen LogP contribution >= 0.6 is 0 Å². The van der Waals surface area contributed by atoms with E-state index in [9.17, 15) is 12.9 Å². The van der Waals surface area contributed by atoms with Crippen LogP contribution in [-0.2, 0) is 0 Å². The molecule has 0 spiro atoms. The van der Waals surface area contributed by atoms with Crippen molar-refractivity contribution >= 4 is 6.98 Å². The van der Waals surface area contributed by atoms with Crippen molar-refractivity contribution in [2.75, 3.05) is 13.1 Å². The largest absolute Gasteiger partial charge is 0.506 e. The molecule has 0 radical (unpaired) electrons. The normalized spacial score (nSPS) is 12.6. The van der Waals surface area contributed by atoms with Gasteiger partial charge in [-0.2, -0.15) is 0 Å². The zero-order valence-electron chi connectivity index (χ0n) is 8.36. The molecule has 0 fully saturated rings. The fourth-order valence-corrected chi connectivity index (χ4v) is 1.02. The third-order valence-corrected chi connectivity index (χ3v) is 2.01. The predicted octanol–water partition coefficient (Wildman–Crippen LogP) is 2.66. The average molecular weight is 194 g/mol. The number of rotatable bonds is 5. The van der Waals surface area contributed by atoms with Crippen molar-refractivity contribution in [1.29, 1.82) is 0 Å². The van der Waals surface area contributed by atoms with E-state index in [0.717, 1.165) is 0 Å². The van der Waals surface area contributed by atoms with Gasteiger partial charge in [0.2, 0.25) is 0 Å². The Bertz CT molecular complexity index is 177. The molecule has 0 aromatic heterocycles. The number of hydrogen-bond acceptors (Lipinski definition) is 1. The molecule has 0 aromatic rings. The molecule has 0 rings (SSSR count). The van der Waals surface area contributed by atoms with Crippen molar-refractivity contribution in [1.82, 2.24) is 4.90 Å². The number of nitrogens with zero attached hydrogens (tertiary/aromatic N) is 1. The van der Waals surface area contributed by atoms with Gasteiger partial charge in [-0.1, -0.05) is 6.92 Å². The van der Waals surface area contributed by atoms with Gasteiger partial charge in [-0.3, -0.25) is 0 Å². The summed E-state index contributed by atoms with van der Waals surface area (Å²) in [6, 6.07) is 0.125. The van der Waals surface area contributed by atoms with E-state index < -0.39 is 12.4 Å². The minimum absolute atomic E-state index is 0.0718. The number of hydrogen-bond donors (Lipinski definition) is 0. The molecule has 5 heteroatoms. The highest BCUT2D eigenvalue weighted by molar-refractivity contribution is 6.66. The van der Waals surface area contributed by atoms with E-state index in [-0.39, 0.29) is 12.6 Å². The third kappa shape index (κ3) is 4.36. The highest BCUT2D eigenvalue weighted by atomic mass is 19.4. The molecule has 0 aliphatic rings. The van der Waals surface area contributed by atoms with Crippen molar-refractivity contribution in [3.8, 4) is 0 Å². The summed E-state index contributed by atoms with van der Waals surface area (Å²) in [5.41, 5.74) is -0.615. The molecule has 0 unspecified atom stereocenters. The van der Waals surface area contributed by atoms with Crippen molar-refractivity contribution in [3.05, 3.63) is 12.1 Å². The van der Waals surface area contributed by atoms with Crippen LogP contribution in [0.2, 0.25) is 0 Å². The van der Waals surface area contributed by atoms with Gasteiger partial charge in [0.1, 0.15) is 0 Å². The molecule has 13 heavy (non-hydrogen) atoms. The fraction of sp³-hybridized carbons (Fsp3) is 0.750. The second kappa shape index (κ2) is 4.70. The molecule has 0 aliphatic heterocycles. The molecule has 0 bridgehead atoms. The Morgan fingerprint density at radius 1 is 1.38 bits per heavy atom. The Labute approximate surface area is 77.7 Å². The van der Waals surface area contributed by atoms with Crippen LogP contribution in [0, 0.1) is 0 Å². The lowest BCUT2D eigenvalue weighted by molar-refractivity contribution is 0.253. The molecule has 78 valence electrons. The van der Waals surface area contributed by atoms with Crippen LogP contribution in [0.4, 0.5) is 12.9 Å². The monoisotopic (exact) mass is 194 g/mol. The van der Waals surface area contributed by atoms with Crippen molar-refractivity contribution in [2.24, 2.45) is 0 Å². The highest BCUT2D eigenvalue weighted by Crippen LogP contribution is 2.19. The lowest BCUT2D eigenvalue weighted by Gasteiger charge is -2.29. The van der Waals surface area contributed by atoms with Gasteiger partial charge in [0.25, 0.3) is 0 Å². The van der Waals surface area contributed by atoms with Crippen molar-refractivity contribution in [2.45, 2.75) is 26.8 Å². The van der Waals surface area contributed by atoms with Crippen LogP contribution in [0.1, 0.15) is 20.8 Å². The van der Waals surface area contributed by atoms with Gasteiger partial charge in [-0.15, -0.1) is 12.1 Å². The summed E-state index contributed by atoms with van der Waals surface area (Å²) < 4.78 is 36.4. The Balaban J connectivity index is 4.18. The summed E-state index contributed by atoms with van der Waals surface area (Å²) in [5.74, 6) is 0. The van der Waals surface area contributed by atoms with Crippen LogP contribution in [-0.4, -0.2) is 31.0 Å². The van der Waals surface area contributed by atoms with E-state index >= 15 is 0 Å². The summed E-state index contributed by atoms with van der Waals surface area (Å²) in [6.07, 6.45) is 0. The Morgan fingerprint density at radius 2 is 1.85 bits per heavy atom. The second-order valence-electron chi connectivity index (χ2n) is 3.39. The first-order chi connectivity index (χ1) is 5.79.